The van der Waals surface area contributed by atoms with E-state index in [1.807, 2.05) is 0 Å². The van der Waals surface area contributed by atoms with Crippen molar-refractivity contribution in [1.82, 2.24) is 25.0 Å². The van der Waals surface area contributed by atoms with Crippen LogP contribution in [-0.2, 0) is 19.1 Å². The highest BCUT2D eigenvalue weighted by molar-refractivity contribution is 6.31. The largest absolute Gasteiger partial charge is 0.454 e. The van der Waals surface area contributed by atoms with Crippen LogP contribution < -0.4 is 10.6 Å². The summed E-state index contributed by atoms with van der Waals surface area (Å²) in [5.41, 5.74) is -0.0770. The summed E-state index contributed by atoms with van der Waals surface area (Å²) in [6.07, 6.45) is 6.64. The van der Waals surface area contributed by atoms with Gasteiger partial charge in [-0.3, -0.25) is 19.3 Å². The number of imide groups is 1. The second-order valence-electron chi connectivity index (χ2n) is 8.47. The first-order valence-corrected chi connectivity index (χ1v) is 11.4. The normalized spacial score (nSPS) is 22.1. The number of ether oxygens (including phenoxy) is 1. The minimum atomic E-state index is -0.940. The Hall–Kier alpha value is -3.47. The predicted octanol–water partition coefficient (Wildman–Crippen LogP) is 2.29. The average Bonchev–Trinajstić information content (AvgIpc) is 3.42. The van der Waals surface area contributed by atoms with Gasteiger partial charge in [-0.15, -0.1) is 0 Å². The SMILES string of the molecule is CCC1CCC2(CC1)NC(=O)N(CC(=O)OCC(=O)Nc1cc(Cl)ccc1-n1cncn1)C2=O. The number of nitrogens with zero attached hydrogens (tertiary/aromatic N) is 4. The van der Waals surface area contributed by atoms with Crippen LogP contribution in [0.3, 0.4) is 0 Å². The molecule has 1 aromatic heterocycles. The number of rotatable bonds is 7. The van der Waals surface area contributed by atoms with E-state index in [1.54, 1.807) is 12.1 Å². The van der Waals surface area contributed by atoms with Gasteiger partial charge >= 0.3 is 12.0 Å². The third-order valence-corrected chi connectivity index (χ3v) is 6.57. The fraction of sp³-hybridized carbons (Fsp3) is 0.455. The minimum Gasteiger partial charge on any atom is -0.454 e. The smallest absolute Gasteiger partial charge is 0.326 e. The van der Waals surface area contributed by atoms with E-state index < -0.39 is 42.5 Å². The molecule has 4 amide bonds. The molecule has 1 spiro atoms. The van der Waals surface area contributed by atoms with Crippen LogP contribution >= 0.6 is 11.6 Å². The summed E-state index contributed by atoms with van der Waals surface area (Å²) in [5.74, 6) is -1.36. The molecule has 2 heterocycles. The number of amides is 4. The summed E-state index contributed by atoms with van der Waals surface area (Å²) < 4.78 is 6.46. The molecule has 12 heteroatoms. The highest BCUT2D eigenvalue weighted by atomic mass is 35.5. The molecule has 1 saturated carbocycles. The van der Waals surface area contributed by atoms with Crippen molar-refractivity contribution in [3.63, 3.8) is 0 Å². The molecule has 34 heavy (non-hydrogen) atoms. The Morgan fingerprint density at radius 1 is 1.29 bits per heavy atom. The molecule has 2 aromatic rings. The van der Waals surface area contributed by atoms with Gasteiger partial charge in [-0.05, 0) is 49.8 Å². The Morgan fingerprint density at radius 2 is 2.06 bits per heavy atom. The zero-order valence-electron chi connectivity index (χ0n) is 18.6. The van der Waals surface area contributed by atoms with Crippen molar-refractivity contribution >= 4 is 41.1 Å². The lowest BCUT2D eigenvalue weighted by Crippen LogP contribution is -2.49. The van der Waals surface area contributed by atoms with Gasteiger partial charge in [0.05, 0.1) is 11.4 Å². The summed E-state index contributed by atoms with van der Waals surface area (Å²) in [4.78, 5) is 54.7. The summed E-state index contributed by atoms with van der Waals surface area (Å²) in [5, 5.41) is 9.79. The maximum Gasteiger partial charge on any atom is 0.326 e. The topological polar surface area (TPSA) is 136 Å². The van der Waals surface area contributed by atoms with Gasteiger partial charge in [0.1, 0.15) is 24.7 Å². The zero-order chi connectivity index (χ0) is 24.3. The molecule has 2 fully saturated rings. The Bertz CT molecular complexity index is 1100. The lowest BCUT2D eigenvalue weighted by Gasteiger charge is -2.34. The van der Waals surface area contributed by atoms with E-state index in [2.05, 4.69) is 27.6 Å². The molecule has 2 N–H and O–H groups in total. The Kier molecular flexibility index (Phi) is 6.82. The second-order valence-corrected chi connectivity index (χ2v) is 8.90. The molecule has 0 radical (unpaired) electrons. The summed E-state index contributed by atoms with van der Waals surface area (Å²) in [6, 6.07) is 4.20. The number of hydrogen-bond donors (Lipinski definition) is 2. The Balaban J connectivity index is 1.32. The number of hydrogen-bond acceptors (Lipinski definition) is 7. The van der Waals surface area contributed by atoms with E-state index in [-0.39, 0.29) is 0 Å². The van der Waals surface area contributed by atoms with Crippen LogP contribution in [0.15, 0.2) is 30.9 Å². The molecule has 180 valence electrons. The molecular weight excluding hydrogens is 464 g/mol. The number of benzene rings is 1. The van der Waals surface area contributed by atoms with Crippen LogP contribution in [0, 0.1) is 5.92 Å². The van der Waals surface area contributed by atoms with E-state index >= 15 is 0 Å². The fourth-order valence-corrected chi connectivity index (χ4v) is 4.56. The number of esters is 1. The van der Waals surface area contributed by atoms with Crippen molar-refractivity contribution in [2.45, 2.75) is 44.6 Å². The first kappa shape index (κ1) is 23.7. The number of aromatic nitrogens is 3. The third kappa shape index (κ3) is 4.89. The minimum absolute atomic E-state index is 0.345. The van der Waals surface area contributed by atoms with Crippen LogP contribution in [-0.4, -0.2) is 62.2 Å². The highest BCUT2D eigenvalue weighted by Crippen LogP contribution is 2.37. The summed E-state index contributed by atoms with van der Waals surface area (Å²) >= 11 is 6.03. The fourth-order valence-electron chi connectivity index (χ4n) is 4.39. The number of halogens is 1. The van der Waals surface area contributed by atoms with Gasteiger partial charge in [-0.25, -0.2) is 14.5 Å². The van der Waals surface area contributed by atoms with Crippen LogP contribution in [0.1, 0.15) is 39.0 Å². The molecule has 0 unspecified atom stereocenters. The first-order valence-electron chi connectivity index (χ1n) is 11.1. The van der Waals surface area contributed by atoms with Crippen LogP contribution in [0.2, 0.25) is 5.02 Å². The van der Waals surface area contributed by atoms with E-state index in [0.29, 0.717) is 35.2 Å². The number of nitrogens with one attached hydrogen (secondary N) is 2. The Labute approximate surface area is 200 Å². The number of carbonyl (C=O) groups is 4. The van der Waals surface area contributed by atoms with Crippen molar-refractivity contribution in [3.05, 3.63) is 35.9 Å². The lowest BCUT2D eigenvalue weighted by atomic mass is 9.75. The van der Waals surface area contributed by atoms with Crippen LogP contribution in [0.5, 0.6) is 0 Å². The molecule has 0 bridgehead atoms. The molecule has 2 aliphatic rings. The third-order valence-electron chi connectivity index (χ3n) is 6.33. The van der Waals surface area contributed by atoms with Gasteiger partial charge in [0.15, 0.2) is 6.61 Å². The van der Waals surface area contributed by atoms with Gasteiger partial charge in [0.2, 0.25) is 0 Å². The van der Waals surface area contributed by atoms with Gasteiger partial charge in [-0.2, -0.15) is 5.10 Å². The molecule has 1 saturated heterocycles. The molecule has 11 nitrogen and oxygen atoms in total. The van der Waals surface area contributed by atoms with Crippen molar-refractivity contribution in [2.75, 3.05) is 18.5 Å². The second kappa shape index (κ2) is 9.80. The number of carbonyl (C=O) groups excluding carboxylic acids is 4. The average molecular weight is 489 g/mol. The van der Waals surface area contributed by atoms with E-state index in [4.69, 9.17) is 16.3 Å². The molecule has 1 aliphatic heterocycles. The summed E-state index contributed by atoms with van der Waals surface area (Å²) in [7, 11) is 0. The van der Waals surface area contributed by atoms with Crippen molar-refractivity contribution < 1.29 is 23.9 Å². The number of urea groups is 1. The van der Waals surface area contributed by atoms with Gasteiger partial charge in [-0.1, -0.05) is 24.9 Å². The molecule has 4 rings (SSSR count). The first-order chi connectivity index (χ1) is 16.3. The van der Waals surface area contributed by atoms with Crippen molar-refractivity contribution in [1.29, 1.82) is 0 Å². The predicted molar refractivity (Wildman–Crippen MR) is 121 cm³/mol. The molecule has 1 aliphatic carbocycles. The molecule has 0 atom stereocenters. The lowest BCUT2D eigenvalue weighted by molar-refractivity contribution is -0.150. The zero-order valence-corrected chi connectivity index (χ0v) is 19.4. The maximum atomic E-state index is 12.9. The van der Waals surface area contributed by atoms with Crippen LogP contribution in [0.25, 0.3) is 5.69 Å². The van der Waals surface area contributed by atoms with Crippen molar-refractivity contribution in [3.8, 4) is 5.69 Å². The summed E-state index contributed by atoms with van der Waals surface area (Å²) in [6.45, 7) is 0.950. The van der Waals surface area contributed by atoms with E-state index in [9.17, 15) is 19.2 Å². The highest BCUT2D eigenvalue weighted by Gasteiger charge is 2.52. The quantitative estimate of drug-likeness (QED) is 0.450. The Morgan fingerprint density at radius 3 is 2.74 bits per heavy atom. The monoisotopic (exact) mass is 488 g/mol. The molecular formula is C22H25ClN6O5. The van der Waals surface area contributed by atoms with E-state index in [0.717, 1.165) is 24.2 Å². The standard InChI is InChI=1S/C22H25ClN6O5/c1-2-14-5-7-22(8-6-14)20(32)28(21(33)27-22)10-19(31)34-11-18(30)26-16-9-15(23)3-4-17(16)29-13-24-12-25-29/h3-4,9,12-14H,2,5-8,10-11H2,1H3,(H,26,30)(H,27,33). The molecule has 1 aromatic carbocycles. The van der Waals surface area contributed by atoms with Gasteiger partial charge < -0.3 is 15.4 Å². The van der Waals surface area contributed by atoms with Gasteiger partial charge in [0, 0.05) is 5.02 Å². The van der Waals surface area contributed by atoms with Crippen LogP contribution in [0.4, 0.5) is 10.5 Å². The van der Waals surface area contributed by atoms with E-state index in [1.165, 1.54) is 23.4 Å². The van der Waals surface area contributed by atoms with Crippen molar-refractivity contribution in [2.24, 2.45) is 5.92 Å². The number of anilines is 1. The van der Waals surface area contributed by atoms with Gasteiger partial charge in [0.25, 0.3) is 11.8 Å². The maximum absolute atomic E-state index is 12.9.